The number of carbonyl (C=O) groups excluding carboxylic acids is 2. The first-order valence-corrected chi connectivity index (χ1v) is 6.81. The number of morpholine rings is 1. The average molecular weight is 254 g/mol. The predicted octanol–water partition coefficient (Wildman–Crippen LogP) is 0.146. The summed E-state index contributed by atoms with van der Waals surface area (Å²) in [6, 6.07) is 0. The molecule has 2 aliphatic heterocycles. The molecule has 2 saturated heterocycles. The summed E-state index contributed by atoms with van der Waals surface area (Å²) in [6.07, 6.45) is 1.47. The molecule has 5 nitrogen and oxygen atoms in total. The van der Waals surface area contributed by atoms with Crippen molar-refractivity contribution in [3.63, 3.8) is 0 Å². The van der Waals surface area contributed by atoms with Gasteiger partial charge in [0.1, 0.15) is 5.78 Å². The van der Waals surface area contributed by atoms with Gasteiger partial charge in [0.25, 0.3) is 0 Å². The molecule has 1 unspecified atom stereocenters. The van der Waals surface area contributed by atoms with Gasteiger partial charge in [0, 0.05) is 38.5 Å². The van der Waals surface area contributed by atoms with Gasteiger partial charge in [0.05, 0.1) is 19.8 Å². The van der Waals surface area contributed by atoms with Crippen molar-refractivity contribution in [2.24, 2.45) is 5.92 Å². The first-order chi connectivity index (χ1) is 8.70. The smallest absolute Gasteiger partial charge is 0.236 e. The molecule has 0 aliphatic carbocycles. The first-order valence-electron chi connectivity index (χ1n) is 6.81. The molecule has 18 heavy (non-hydrogen) atoms. The lowest BCUT2D eigenvalue weighted by atomic mass is 9.94. The molecule has 0 radical (unpaired) electrons. The topological polar surface area (TPSA) is 49.9 Å². The van der Waals surface area contributed by atoms with Crippen LogP contribution in [0.5, 0.6) is 0 Å². The number of likely N-dealkylation sites (tertiary alicyclic amines) is 1. The average Bonchev–Trinajstić information content (AvgIpc) is 2.42. The van der Waals surface area contributed by atoms with Crippen LogP contribution in [0.3, 0.4) is 0 Å². The lowest BCUT2D eigenvalue weighted by Crippen LogP contribution is -2.49. The van der Waals surface area contributed by atoms with Crippen LogP contribution in [0.25, 0.3) is 0 Å². The molecular formula is C13H22N2O3. The van der Waals surface area contributed by atoms with Gasteiger partial charge < -0.3 is 9.64 Å². The molecule has 2 rings (SSSR count). The van der Waals surface area contributed by atoms with Gasteiger partial charge in [-0.15, -0.1) is 0 Å². The summed E-state index contributed by atoms with van der Waals surface area (Å²) in [5.74, 6) is 0.645. The molecule has 102 valence electrons. The zero-order valence-electron chi connectivity index (χ0n) is 11.1. The fourth-order valence-electron chi connectivity index (χ4n) is 2.58. The summed E-state index contributed by atoms with van der Waals surface area (Å²) < 4.78 is 5.24. The Bertz CT molecular complexity index is 313. The van der Waals surface area contributed by atoms with Crippen molar-refractivity contribution in [2.75, 3.05) is 45.9 Å². The SMILES string of the molecule is CCC1CN(CC(=O)N2CCOCC2)CCC1=O. The Morgan fingerprint density at radius 1 is 1.33 bits per heavy atom. The van der Waals surface area contributed by atoms with Crippen molar-refractivity contribution < 1.29 is 14.3 Å². The minimum atomic E-state index is 0.122. The van der Waals surface area contributed by atoms with Gasteiger partial charge in [-0.3, -0.25) is 14.5 Å². The van der Waals surface area contributed by atoms with E-state index in [2.05, 4.69) is 4.90 Å². The Hall–Kier alpha value is -0.940. The van der Waals surface area contributed by atoms with Crippen LogP contribution in [0.2, 0.25) is 0 Å². The van der Waals surface area contributed by atoms with Gasteiger partial charge in [-0.25, -0.2) is 0 Å². The van der Waals surface area contributed by atoms with Crippen LogP contribution >= 0.6 is 0 Å². The Labute approximate surface area is 108 Å². The van der Waals surface area contributed by atoms with Crippen molar-refractivity contribution >= 4 is 11.7 Å². The van der Waals surface area contributed by atoms with E-state index in [4.69, 9.17) is 4.74 Å². The van der Waals surface area contributed by atoms with Crippen molar-refractivity contribution in [1.29, 1.82) is 0 Å². The molecule has 0 aromatic rings. The van der Waals surface area contributed by atoms with Crippen LogP contribution in [0, 0.1) is 5.92 Å². The highest BCUT2D eigenvalue weighted by Gasteiger charge is 2.28. The second-order valence-corrected chi connectivity index (χ2v) is 5.05. The molecule has 0 aromatic heterocycles. The summed E-state index contributed by atoms with van der Waals surface area (Å²) in [6.45, 7) is 6.63. The molecule has 2 heterocycles. The third-order valence-corrected chi connectivity index (χ3v) is 3.82. The van der Waals surface area contributed by atoms with E-state index in [9.17, 15) is 9.59 Å². The van der Waals surface area contributed by atoms with E-state index in [1.54, 1.807) is 0 Å². The maximum Gasteiger partial charge on any atom is 0.236 e. The Balaban J connectivity index is 1.81. The maximum atomic E-state index is 12.1. The molecule has 2 fully saturated rings. The quantitative estimate of drug-likeness (QED) is 0.719. The van der Waals surface area contributed by atoms with Crippen LogP contribution in [0.4, 0.5) is 0 Å². The predicted molar refractivity (Wildman–Crippen MR) is 67.2 cm³/mol. The van der Waals surface area contributed by atoms with E-state index in [0.29, 0.717) is 45.1 Å². The summed E-state index contributed by atoms with van der Waals surface area (Å²) in [4.78, 5) is 27.7. The molecule has 0 aromatic carbocycles. The number of piperidine rings is 1. The van der Waals surface area contributed by atoms with Crippen LogP contribution in [-0.4, -0.2) is 67.4 Å². The summed E-state index contributed by atoms with van der Waals surface area (Å²) in [5, 5.41) is 0. The maximum absolute atomic E-state index is 12.1. The monoisotopic (exact) mass is 254 g/mol. The molecule has 2 aliphatic rings. The number of hydrogen-bond donors (Lipinski definition) is 0. The standard InChI is InChI=1S/C13H22N2O3/c1-2-11-9-14(4-3-12(11)16)10-13(17)15-5-7-18-8-6-15/h11H,2-10H2,1H3. The number of rotatable bonds is 3. The normalized spacial score (nSPS) is 26.4. The van der Waals surface area contributed by atoms with Crippen LogP contribution in [-0.2, 0) is 14.3 Å². The highest BCUT2D eigenvalue weighted by molar-refractivity contribution is 5.83. The minimum absolute atomic E-state index is 0.122. The molecule has 1 atom stereocenters. The molecule has 5 heteroatoms. The van der Waals surface area contributed by atoms with Gasteiger partial charge in [-0.2, -0.15) is 0 Å². The van der Waals surface area contributed by atoms with Crippen molar-refractivity contribution in [3.05, 3.63) is 0 Å². The second-order valence-electron chi connectivity index (χ2n) is 5.05. The second kappa shape index (κ2) is 6.29. The Kier molecular flexibility index (Phi) is 4.72. The van der Waals surface area contributed by atoms with Gasteiger partial charge in [0.15, 0.2) is 0 Å². The first kappa shape index (κ1) is 13.5. The van der Waals surface area contributed by atoms with Gasteiger partial charge in [-0.05, 0) is 6.42 Å². The number of ether oxygens (including phenoxy) is 1. The van der Waals surface area contributed by atoms with Gasteiger partial charge in [0.2, 0.25) is 5.91 Å². The van der Waals surface area contributed by atoms with E-state index in [0.717, 1.165) is 19.5 Å². The Morgan fingerprint density at radius 2 is 2.06 bits per heavy atom. The molecule has 1 amide bonds. The highest BCUT2D eigenvalue weighted by Crippen LogP contribution is 2.16. The highest BCUT2D eigenvalue weighted by atomic mass is 16.5. The number of ketones is 1. The number of hydrogen-bond acceptors (Lipinski definition) is 4. The van der Waals surface area contributed by atoms with Crippen molar-refractivity contribution in [2.45, 2.75) is 19.8 Å². The fraction of sp³-hybridized carbons (Fsp3) is 0.846. The van der Waals surface area contributed by atoms with Crippen LogP contribution in [0.1, 0.15) is 19.8 Å². The van der Waals surface area contributed by atoms with E-state index >= 15 is 0 Å². The number of amides is 1. The Morgan fingerprint density at radius 3 is 2.72 bits per heavy atom. The zero-order chi connectivity index (χ0) is 13.0. The molecular weight excluding hydrogens is 232 g/mol. The van der Waals surface area contributed by atoms with E-state index in [1.165, 1.54) is 0 Å². The lowest BCUT2D eigenvalue weighted by Gasteiger charge is -2.33. The van der Waals surface area contributed by atoms with Crippen molar-refractivity contribution in [3.8, 4) is 0 Å². The third-order valence-electron chi connectivity index (χ3n) is 3.82. The van der Waals surface area contributed by atoms with E-state index in [1.807, 2.05) is 11.8 Å². The summed E-state index contributed by atoms with van der Waals surface area (Å²) in [5.41, 5.74) is 0. The lowest BCUT2D eigenvalue weighted by molar-refractivity contribution is -0.138. The number of nitrogens with zero attached hydrogens (tertiary/aromatic N) is 2. The van der Waals surface area contributed by atoms with E-state index < -0.39 is 0 Å². The molecule has 0 spiro atoms. The molecule has 0 saturated carbocycles. The molecule has 0 bridgehead atoms. The van der Waals surface area contributed by atoms with Gasteiger partial charge >= 0.3 is 0 Å². The third kappa shape index (κ3) is 3.29. The zero-order valence-corrected chi connectivity index (χ0v) is 11.1. The fourth-order valence-corrected chi connectivity index (χ4v) is 2.58. The summed E-state index contributed by atoms with van der Waals surface area (Å²) in [7, 11) is 0. The van der Waals surface area contributed by atoms with Gasteiger partial charge in [-0.1, -0.05) is 6.92 Å². The molecule has 0 N–H and O–H groups in total. The largest absolute Gasteiger partial charge is 0.378 e. The summed E-state index contributed by atoms with van der Waals surface area (Å²) >= 11 is 0. The minimum Gasteiger partial charge on any atom is -0.378 e. The number of Topliss-reactive ketones (excluding diaryl/α,β-unsaturated/α-hetero) is 1. The van der Waals surface area contributed by atoms with E-state index in [-0.39, 0.29) is 11.8 Å². The van der Waals surface area contributed by atoms with Crippen molar-refractivity contribution in [1.82, 2.24) is 9.80 Å². The van der Waals surface area contributed by atoms with Crippen LogP contribution < -0.4 is 0 Å². The van der Waals surface area contributed by atoms with Crippen LogP contribution in [0.15, 0.2) is 0 Å². The number of carbonyl (C=O) groups is 2.